The van der Waals surface area contributed by atoms with Crippen molar-refractivity contribution in [3.05, 3.63) is 23.8 Å². The zero-order chi connectivity index (χ0) is 14.9. The number of nitrogens with zero attached hydrogens (tertiary/aromatic N) is 2. The molecule has 0 unspecified atom stereocenters. The third-order valence-corrected chi connectivity index (χ3v) is 5.68. The van der Waals surface area contributed by atoms with Crippen molar-refractivity contribution >= 4 is 15.7 Å². The molecule has 0 aromatic heterocycles. The molecule has 0 saturated heterocycles. The lowest BCUT2D eigenvalue weighted by molar-refractivity contribution is 0.292. The fraction of sp³-hybridized carbons (Fsp3) is 0.571. The number of benzene rings is 1. The first-order valence-electron chi connectivity index (χ1n) is 6.74. The van der Waals surface area contributed by atoms with Gasteiger partial charge in [-0.25, -0.2) is 8.42 Å². The second-order valence-corrected chi connectivity index (χ2v) is 7.95. The standard InChI is InChI=1S/C14H22N2O3S/c1-11(2)20(17,18)16-7-8-19-14-6-5-13(15(3)4)9-12(14)10-16/h5-6,9,11H,7-8,10H2,1-4H3. The average molecular weight is 298 g/mol. The molecule has 0 saturated carbocycles. The van der Waals surface area contributed by atoms with Crippen molar-refractivity contribution in [2.24, 2.45) is 0 Å². The Hall–Kier alpha value is -1.27. The highest BCUT2D eigenvalue weighted by Gasteiger charge is 2.28. The predicted molar refractivity (Wildman–Crippen MR) is 80.7 cm³/mol. The summed E-state index contributed by atoms with van der Waals surface area (Å²) < 4.78 is 31.8. The summed E-state index contributed by atoms with van der Waals surface area (Å²) in [7, 11) is 0.661. The number of fused-ring (bicyclic) bond motifs is 1. The number of anilines is 1. The Kier molecular flexibility index (Phi) is 4.25. The van der Waals surface area contributed by atoms with Crippen molar-refractivity contribution in [1.82, 2.24) is 4.31 Å². The Labute approximate surface area is 121 Å². The van der Waals surface area contributed by atoms with Gasteiger partial charge in [0.05, 0.1) is 5.25 Å². The fourth-order valence-corrected chi connectivity index (χ4v) is 3.39. The van der Waals surface area contributed by atoms with E-state index < -0.39 is 15.3 Å². The van der Waals surface area contributed by atoms with Crippen LogP contribution in [0.3, 0.4) is 0 Å². The third kappa shape index (κ3) is 2.91. The van der Waals surface area contributed by atoms with Crippen LogP contribution in [-0.4, -0.2) is 45.2 Å². The van der Waals surface area contributed by atoms with Crippen LogP contribution in [0.5, 0.6) is 5.75 Å². The molecule has 1 aliphatic rings. The van der Waals surface area contributed by atoms with Gasteiger partial charge in [-0.15, -0.1) is 0 Å². The zero-order valence-electron chi connectivity index (χ0n) is 12.5. The van der Waals surface area contributed by atoms with Gasteiger partial charge < -0.3 is 9.64 Å². The van der Waals surface area contributed by atoms with Gasteiger partial charge in [-0.05, 0) is 32.0 Å². The normalized spacial score (nSPS) is 16.4. The van der Waals surface area contributed by atoms with E-state index in [9.17, 15) is 8.42 Å². The van der Waals surface area contributed by atoms with E-state index >= 15 is 0 Å². The highest BCUT2D eigenvalue weighted by atomic mass is 32.2. The average Bonchev–Trinajstić information content (AvgIpc) is 2.59. The van der Waals surface area contributed by atoms with Gasteiger partial charge in [-0.2, -0.15) is 4.31 Å². The van der Waals surface area contributed by atoms with Crippen LogP contribution in [0.15, 0.2) is 18.2 Å². The molecular weight excluding hydrogens is 276 g/mol. The Bertz CT molecular complexity index is 582. The van der Waals surface area contributed by atoms with Crippen LogP contribution in [0.4, 0.5) is 5.69 Å². The van der Waals surface area contributed by atoms with Crippen molar-refractivity contribution < 1.29 is 13.2 Å². The summed E-state index contributed by atoms with van der Waals surface area (Å²) >= 11 is 0. The summed E-state index contributed by atoms with van der Waals surface area (Å²) in [6, 6.07) is 5.88. The molecule has 0 bridgehead atoms. The molecule has 0 amide bonds. The van der Waals surface area contributed by atoms with Gasteiger partial charge >= 0.3 is 0 Å². The highest BCUT2D eigenvalue weighted by molar-refractivity contribution is 7.89. The molecule has 0 spiro atoms. The quantitative estimate of drug-likeness (QED) is 0.852. The molecule has 0 fully saturated rings. The monoisotopic (exact) mass is 298 g/mol. The Balaban J connectivity index is 2.36. The molecule has 20 heavy (non-hydrogen) atoms. The van der Waals surface area contributed by atoms with E-state index in [4.69, 9.17) is 4.74 Å². The number of hydrogen-bond acceptors (Lipinski definition) is 4. The van der Waals surface area contributed by atoms with Crippen LogP contribution in [0.2, 0.25) is 0 Å². The van der Waals surface area contributed by atoms with Crippen LogP contribution >= 0.6 is 0 Å². The lowest BCUT2D eigenvalue weighted by atomic mass is 10.1. The van der Waals surface area contributed by atoms with Crippen LogP contribution in [-0.2, 0) is 16.6 Å². The van der Waals surface area contributed by atoms with Gasteiger partial charge in [0.15, 0.2) is 0 Å². The van der Waals surface area contributed by atoms with Gasteiger partial charge in [0.1, 0.15) is 12.4 Å². The van der Waals surface area contributed by atoms with Crippen LogP contribution in [0.25, 0.3) is 0 Å². The maximum absolute atomic E-state index is 12.3. The summed E-state index contributed by atoms with van der Waals surface area (Å²) in [5.74, 6) is 0.775. The summed E-state index contributed by atoms with van der Waals surface area (Å²) in [6.45, 7) is 4.57. The summed E-state index contributed by atoms with van der Waals surface area (Å²) in [6.07, 6.45) is 0. The van der Waals surface area contributed by atoms with Crippen molar-refractivity contribution in [1.29, 1.82) is 0 Å². The number of sulfonamides is 1. The molecule has 0 aliphatic carbocycles. The minimum absolute atomic E-state index is 0.373. The number of rotatable bonds is 3. The van der Waals surface area contributed by atoms with Crippen molar-refractivity contribution in [2.45, 2.75) is 25.6 Å². The first-order valence-corrected chi connectivity index (χ1v) is 8.24. The van der Waals surface area contributed by atoms with Gasteiger partial charge in [0, 0.05) is 38.4 Å². The van der Waals surface area contributed by atoms with Crippen molar-refractivity contribution in [3.63, 3.8) is 0 Å². The molecule has 1 aromatic carbocycles. The SMILES string of the molecule is CC(C)S(=O)(=O)N1CCOc2ccc(N(C)C)cc2C1. The lowest BCUT2D eigenvalue weighted by Gasteiger charge is -2.22. The second-order valence-electron chi connectivity index (χ2n) is 5.46. The highest BCUT2D eigenvalue weighted by Crippen LogP contribution is 2.29. The minimum atomic E-state index is -3.26. The minimum Gasteiger partial charge on any atom is -0.492 e. The van der Waals surface area contributed by atoms with Gasteiger partial charge in [-0.1, -0.05) is 0 Å². The predicted octanol–water partition coefficient (Wildman–Crippen LogP) is 1.69. The Morgan fingerprint density at radius 1 is 1.30 bits per heavy atom. The third-order valence-electron chi connectivity index (χ3n) is 3.46. The molecule has 2 rings (SSSR count). The van der Waals surface area contributed by atoms with E-state index in [1.54, 1.807) is 13.8 Å². The lowest BCUT2D eigenvalue weighted by Crippen LogP contribution is -2.37. The van der Waals surface area contributed by atoms with E-state index in [1.807, 2.05) is 37.2 Å². The van der Waals surface area contributed by atoms with Crippen LogP contribution in [0.1, 0.15) is 19.4 Å². The molecule has 6 heteroatoms. The molecule has 1 aromatic rings. The first-order chi connectivity index (χ1) is 9.32. The molecule has 1 heterocycles. The molecule has 0 atom stereocenters. The molecule has 112 valence electrons. The number of ether oxygens (including phenoxy) is 1. The molecule has 0 radical (unpaired) electrons. The van der Waals surface area contributed by atoms with Gasteiger partial charge in [-0.3, -0.25) is 0 Å². The van der Waals surface area contributed by atoms with E-state index in [2.05, 4.69) is 0 Å². The zero-order valence-corrected chi connectivity index (χ0v) is 13.3. The van der Waals surface area contributed by atoms with E-state index in [0.29, 0.717) is 19.7 Å². The Morgan fingerprint density at radius 3 is 2.60 bits per heavy atom. The summed E-state index contributed by atoms with van der Waals surface area (Å²) in [5.41, 5.74) is 1.95. The summed E-state index contributed by atoms with van der Waals surface area (Å²) in [4.78, 5) is 1.99. The first kappa shape index (κ1) is 15.1. The second kappa shape index (κ2) is 5.61. The van der Waals surface area contributed by atoms with Crippen molar-refractivity contribution in [3.8, 4) is 5.75 Å². The number of hydrogen-bond donors (Lipinski definition) is 0. The maximum atomic E-state index is 12.3. The fourth-order valence-electron chi connectivity index (χ4n) is 2.15. The van der Waals surface area contributed by atoms with E-state index in [-0.39, 0.29) is 0 Å². The van der Waals surface area contributed by atoms with E-state index in [0.717, 1.165) is 17.0 Å². The molecule has 0 N–H and O–H groups in total. The molecule has 1 aliphatic heterocycles. The van der Waals surface area contributed by atoms with Gasteiger partial charge in [0.2, 0.25) is 10.0 Å². The Morgan fingerprint density at radius 2 is 2.00 bits per heavy atom. The molecule has 5 nitrogen and oxygen atoms in total. The molecular formula is C14H22N2O3S. The van der Waals surface area contributed by atoms with Crippen LogP contribution < -0.4 is 9.64 Å². The maximum Gasteiger partial charge on any atom is 0.216 e. The summed E-state index contributed by atoms with van der Waals surface area (Å²) in [5, 5.41) is -0.416. The van der Waals surface area contributed by atoms with Crippen molar-refractivity contribution in [2.75, 3.05) is 32.1 Å². The van der Waals surface area contributed by atoms with Crippen LogP contribution in [0, 0.1) is 0 Å². The van der Waals surface area contributed by atoms with Gasteiger partial charge in [0.25, 0.3) is 0 Å². The largest absolute Gasteiger partial charge is 0.492 e. The topological polar surface area (TPSA) is 49.9 Å². The van der Waals surface area contributed by atoms with E-state index in [1.165, 1.54) is 4.31 Å². The smallest absolute Gasteiger partial charge is 0.216 e.